The van der Waals surface area contributed by atoms with Gasteiger partial charge in [0.2, 0.25) is 5.91 Å². The van der Waals surface area contributed by atoms with Crippen LogP contribution in [0.15, 0.2) is 55.0 Å². The van der Waals surface area contributed by atoms with Gasteiger partial charge in [-0.05, 0) is 68.0 Å². The van der Waals surface area contributed by atoms with Crippen molar-refractivity contribution in [3.05, 3.63) is 55.0 Å². The van der Waals surface area contributed by atoms with Gasteiger partial charge in [0.15, 0.2) is 0 Å². The molecule has 0 radical (unpaired) electrons. The maximum atomic E-state index is 12.4. The van der Waals surface area contributed by atoms with E-state index in [2.05, 4.69) is 48.6 Å². The van der Waals surface area contributed by atoms with Crippen molar-refractivity contribution < 1.29 is 4.79 Å². The van der Waals surface area contributed by atoms with Crippen molar-refractivity contribution in [3.8, 4) is 22.5 Å². The molecule has 0 unspecified atom stereocenters. The maximum absolute atomic E-state index is 12.4. The molecule has 1 saturated carbocycles. The molecule has 4 aromatic heterocycles. The van der Waals surface area contributed by atoms with Gasteiger partial charge in [-0.1, -0.05) is 12.5 Å². The summed E-state index contributed by atoms with van der Waals surface area (Å²) in [6.45, 7) is 2.10. The molecular weight excluding hydrogens is 462 g/mol. The first-order valence-electron chi connectivity index (χ1n) is 13.2. The molecule has 5 heterocycles. The van der Waals surface area contributed by atoms with Crippen LogP contribution in [-0.2, 0) is 4.79 Å². The number of amides is 1. The molecule has 5 aromatic rings. The third-order valence-electron chi connectivity index (χ3n) is 7.82. The smallest absolute Gasteiger partial charge is 0.227 e. The average Bonchev–Trinajstić information content (AvgIpc) is 3.52. The van der Waals surface area contributed by atoms with E-state index in [0.717, 1.165) is 88.2 Å². The number of hydrogen-bond donors (Lipinski definition) is 3. The summed E-state index contributed by atoms with van der Waals surface area (Å²) >= 11 is 0. The van der Waals surface area contributed by atoms with Crippen molar-refractivity contribution in [2.75, 3.05) is 23.3 Å². The van der Waals surface area contributed by atoms with Crippen LogP contribution in [0.4, 0.5) is 11.5 Å². The summed E-state index contributed by atoms with van der Waals surface area (Å²) in [5, 5.41) is 13.0. The number of aromatic nitrogens is 5. The highest BCUT2D eigenvalue weighted by Crippen LogP contribution is 2.35. The first-order chi connectivity index (χ1) is 18.2. The number of fused-ring (bicyclic) bond motifs is 2. The van der Waals surface area contributed by atoms with Crippen LogP contribution in [-0.4, -0.2) is 44.1 Å². The Morgan fingerprint density at radius 1 is 0.919 bits per heavy atom. The molecule has 0 spiro atoms. The predicted molar refractivity (Wildman–Crippen MR) is 146 cm³/mol. The highest BCUT2D eigenvalue weighted by Gasteiger charge is 2.25. The molecule has 1 aliphatic heterocycles. The van der Waals surface area contributed by atoms with Gasteiger partial charge in [0.25, 0.3) is 0 Å². The molecule has 186 valence electrons. The van der Waals surface area contributed by atoms with Crippen molar-refractivity contribution in [1.82, 2.24) is 25.1 Å². The number of carbonyl (C=O) groups is 1. The topological polar surface area (TPSA) is 103 Å². The third kappa shape index (κ3) is 4.02. The Morgan fingerprint density at radius 3 is 2.65 bits per heavy atom. The molecule has 8 nitrogen and oxygen atoms in total. The van der Waals surface area contributed by atoms with Crippen molar-refractivity contribution in [2.24, 2.45) is 5.92 Å². The Labute approximate surface area is 214 Å². The summed E-state index contributed by atoms with van der Waals surface area (Å²) in [4.78, 5) is 27.5. The zero-order valence-electron chi connectivity index (χ0n) is 20.6. The minimum Gasteiger partial charge on any atom is -0.356 e. The zero-order chi connectivity index (χ0) is 24.8. The second-order valence-electron chi connectivity index (χ2n) is 10.2. The van der Waals surface area contributed by atoms with Gasteiger partial charge in [0.1, 0.15) is 11.5 Å². The summed E-state index contributed by atoms with van der Waals surface area (Å²) in [5.74, 6) is 1.28. The lowest BCUT2D eigenvalue weighted by Gasteiger charge is -2.28. The largest absolute Gasteiger partial charge is 0.356 e. The Morgan fingerprint density at radius 2 is 1.81 bits per heavy atom. The Balaban J connectivity index is 1.23. The summed E-state index contributed by atoms with van der Waals surface area (Å²) in [6, 6.07) is 12.4. The van der Waals surface area contributed by atoms with Gasteiger partial charge in [-0.25, -0.2) is 4.98 Å². The van der Waals surface area contributed by atoms with Crippen LogP contribution < -0.4 is 10.2 Å². The number of pyridine rings is 2. The molecule has 8 heteroatoms. The fourth-order valence-electron chi connectivity index (χ4n) is 5.50. The van der Waals surface area contributed by atoms with Crippen molar-refractivity contribution in [3.63, 3.8) is 0 Å². The van der Waals surface area contributed by atoms with Crippen LogP contribution in [0.1, 0.15) is 38.5 Å². The highest BCUT2D eigenvalue weighted by atomic mass is 16.1. The lowest BCUT2D eigenvalue weighted by Crippen LogP contribution is -2.30. The van der Waals surface area contributed by atoms with Crippen LogP contribution in [0.2, 0.25) is 0 Å². The Bertz CT molecular complexity index is 1610. The van der Waals surface area contributed by atoms with E-state index in [1.165, 1.54) is 19.3 Å². The second kappa shape index (κ2) is 9.03. The molecular formula is C29H29N7O. The highest BCUT2D eigenvalue weighted by molar-refractivity contribution is 6.00. The molecule has 1 aromatic carbocycles. The summed E-state index contributed by atoms with van der Waals surface area (Å²) in [5.41, 5.74) is 6.58. The lowest BCUT2D eigenvalue weighted by atomic mass is 9.85. The molecule has 2 fully saturated rings. The van der Waals surface area contributed by atoms with Crippen LogP contribution in [0.3, 0.4) is 0 Å². The molecule has 1 saturated heterocycles. The molecule has 0 bridgehead atoms. The number of benzene rings is 1. The molecule has 7 rings (SSSR count). The molecule has 0 atom stereocenters. The fourth-order valence-corrected chi connectivity index (χ4v) is 5.50. The number of nitrogens with zero attached hydrogens (tertiary/aromatic N) is 4. The number of aromatic amines is 2. The monoisotopic (exact) mass is 491 g/mol. The van der Waals surface area contributed by atoms with Crippen molar-refractivity contribution >= 4 is 39.2 Å². The number of rotatable bonds is 5. The van der Waals surface area contributed by atoms with Gasteiger partial charge in [-0.2, -0.15) is 5.10 Å². The summed E-state index contributed by atoms with van der Waals surface area (Å²) in [7, 11) is 0. The first kappa shape index (κ1) is 22.0. The van der Waals surface area contributed by atoms with Crippen LogP contribution in [0.5, 0.6) is 0 Å². The van der Waals surface area contributed by atoms with Crippen LogP contribution in [0, 0.1) is 5.92 Å². The van der Waals surface area contributed by atoms with Gasteiger partial charge in [-0.15, -0.1) is 0 Å². The minimum absolute atomic E-state index is 0.0926. The second-order valence-corrected chi connectivity index (χ2v) is 10.2. The van der Waals surface area contributed by atoms with E-state index >= 15 is 0 Å². The Kier molecular flexibility index (Phi) is 5.38. The Hall–Kier alpha value is -4.20. The van der Waals surface area contributed by atoms with Crippen molar-refractivity contribution in [1.29, 1.82) is 0 Å². The number of H-pyrrole nitrogens is 2. The van der Waals surface area contributed by atoms with Gasteiger partial charge in [0, 0.05) is 47.7 Å². The standard InChI is InChI=1S/C29H29N7O/c37-29(18-5-4-6-18)32-21-13-20(16-30-17-21)19-7-8-25-22(14-19)27(35-34-25)26-15-23-24(33-26)9-10-31-28(23)36-11-2-1-3-12-36/h7-10,13-18,33H,1-6,11-12H2,(H,32,37)(H,34,35). The first-order valence-corrected chi connectivity index (χ1v) is 13.2. The van der Waals surface area contributed by atoms with Gasteiger partial charge < -0.3 is 15.2 Å². The fraction of sp³-hybridized carbons (Fsp3) is 0.310. The number of nitrogens with one attached hydrogen (secondary N) is 3. The van der Waals surface area contributed by atoms with E-state index in [4.69, 9.17) is 4.98 Å². The molecule has 1 aliphatic carbocycles. The van der Waals surface area contributed by atoms with Crippen LogP contribution >= 0.6 is 0 Å². The summed E-state index contributed by atoms with van der Waals surface area (Å²) in [6.07, 6.45) is 12.2. The predicted octanol–water partition coefficient (Wildman–Crippen LogP) is 5.90. The normalized spacial score (nSPS) is 16.3. The number of piperidine rings is 1. The molecule has 37 heavy (non-hydrogen) atoms. The molecule has 3 N–H and O–H groups in total. The summed E-state index contributed by atoms with van der Waals surface area (Å²) < 4.78 is 0. The van der Waals surface area contributed by atoms with Gasteiger partial charge >= 0.3 is 0 Å². The quantitative estimate of drug-likeness (QED) is 0.284. The zero-order valence-corrected chi connectivity index (χ0v) is 20.6. The van der Waals surface area contributed by atoms with Gasteiger partial charge in [0.05, 0.1) is 28.6 Å². The molecule has 1 amide bonds. The number of anilines is 2. The van der Waals surface area contributed by atoms with E-state index in [1.807, 2.05) is 30.6 Å². The third-order valence-corrected chi connectivity index (χ3v) is 7.82. The van der Waals surface area contributed by atoms with Crippen LogP contribution in [0.25, 0.3) is 44.3 Å². The van der Waals surface area contributed by atoms with E-state index in [0.29, 0.717) is 0 Å². The number of hydrogen-bond acceptors (Lipinski definition) is 5. The SMILES string of the molecule is O=C(Nc1cncc(-c2ccc3[nH]nc(-c4cc5c(N6CCCCC6)nccc5[nH]4)c3c2)c1)C1CCC1. The average molecular weight is 492 g/mol. The molecule has 2 aliphatic rings. The van der Waals surface area contributed by atoms with E-state index < -0.39 is 0 Å². The lowest BCUT2D eigenvalue weighted by molar-refractivity contribution is -0.122. The van der Waals surface area contributed by atoms with Crippen molar-refractivity contribution in [2.45, 2.75) is 38.5 Å². The number of carbonyl (C=O) groups excluding carboxylic acids is 1. The van der Waals surface area contributed by atoms with Gasteiger partial charge in [-0.3, -0.25) is 14.9 Å². The minimum atomic E-state index is 0.0926. The van der Waals surface area contributed by atoms with E-state index in [-0.39, 0.29) is 11.8 Å². The van der Waals surface area contributed by atoms with E-state index in [1.54, 1.807) is 6.20 Å². The maximum Gasteiger partial charge on any atom is 0.227 e. The van der Waals surface area contributed by atoms with E-state index in [9.17, 15) is 4.79 Å².